The average Bonchev–Trinajstić information content (AvgIpc) is 3.27. The minimum absolute atomic E-state index is 0.0155. The predicted molar refractivity (Wildman–Crippen MR) is 83.4 cm³/mol. The van der Waals surface area contributed by atoms with Crippen molar-refractivity contribution in [3.8, 4) is 0 Å². The molecular weight excluding hydrogens is 332 g/mol. The van der Waals surface area contributed by atoms with Crippen molar-refractivity contribution in [2.24, 2.45) is 11.3 Å². The summed E-state index contributed by atoms with van der Waals surface area (Å²) in [5.74, 6) is -0.0550. The monoisotopic (exact) mass is 348 g/mol. The normalized spacial score (nSPS) is 27.0. The van der Waals surface area contributed by atoms with E-state index >= 15 is 0 Å². The number of nitrogens with zero attached hydrogens (tertiary/aromatic N) is 2. The number of hydrogen-bond acceptors (Lipinski definition) is 2. The van der Waals surface area contributed by atoms with Gasteiger partial charge in [-0.25, -0.2) is 4.98 Å². The first kappa shape index (κ1) is 13.3. The lowest BCUT2D eigenvalue weighted by molar-refractivity contribution is -0.139. The molecule has 0 saturated heterocycles. The number of halogens is 1. The molecule has 1 heterocycles. The van der Waals surface area contributed by atoms with Crippen molar-refractivity contribution in [1.29, 1.82) is 0 Å². The van der Waals surface area contributed by atoms with E-state index in [9.17, 15) is 9.90 Å². The van der Waals surface area contributed by atoms with E-state index < -0.39 is 5.97 Å². The lowest BCUT2D eigenvalue weighted by Gasteiger charge is -2.08. The summed E-state index contributed by atoms with van der Waals surface area (Å²) in [6, 6.07) is 6.62. The highest BCUT2D eigenvalue weighted by molar-refractivity contribution is 9.10. The molecule has 0 bridgehead atoms. The lowest BCUT2D eigenvalue weighted by atomic mass is 10.1. The number of carboxylic acid groups (broad SMARTS) is 1. The highest BCUT2D eigenvalue weighted by Gasteiger charge is 2.65. The molecule has 2 aliphatic carbocycles. The van der Waals surface area contributed by atoms with E-state index in [0.717, 1.165) is 21.3 Å². The standard InChI is InChI=1S/C16H17BrN2O2/c1-16(2)12(13(16)15(20)21)14-18-10-7-8(17)3-6-11(10)19(14)9-4-5-9/h3,6-7,9,12-13H,4-5H2,1-2H3,(H,20,21). The van der Waals surface area contributed by atoms with Crippen LogP contribution in [0.25, 0.3) is 11.0 Å². The molecule has 1 N–H and O–H groups in total. The van der Waals surface area contributed by atoms with Gasteiger partial charge in [0.15, 0.2) is 0 Å². The Bertz CT molecular complexity index is 761. The maximum Gasteiger partial charge on any atom is 0.307 e. The minimum atomic E-state index is -0.708. The molecule has 5 heteroatoms. The van der Waals surface area contributed by atoms with Crippen molar-refractivity contribution in [2.45, 2.75) is 38.6 Å². The number of fused-ring (bicyclic) bond motifs is 1. The van der Waals surface area contributed by atoms with Gasteiger partial charge in [-0.15, -0.1) is 0 Å². The molecule has 21 heavy (non-hydrogen) atoms. The Morgan fingerprint density at radius 2 is 2.14 bits per heavy atom. The summed E-state index contributed by atoms with van der Waals surface area (Å²) in [6.07, 6.45) is 2.33. The molecule has 2 fully saturated rings. The van der Waals surface area contributed by atoms with Crippen molar-refractivity contribution >= 4 is 32.9 Å². The van der Waals surface area contributed by atoms with Crippen molar-refractivity contribution in [3.05, 3.63) is 28.5 Å². The van der Waals surface area contributed by atoms with E-state index in [1.807, 2.05) is 26.0 Å². The Labute approximate surface area is 131 Å². The number of carbonyl (C=O) groups is 1. The van der Waals surface area contributed by atoms with Crippen LogP contribution in [0.4, 0.5) is 0 Å². The molecule has 4 nitrogen and oxygen atoms in total. The summed E-state index contributed by atoms with van der Waals surface area (Å²) in [5, 5.41) is 9.44. The summed E-state index contributed by atoms with van der Waals surface area (Å²) >= 11 is 3.49. The third kappa shape index (κ3) is 1.86. The smallest absolute Gasteiger partial charge is 0.307 e. The fraction of sp³-hybridized carbons (Fsp3) is 0.500. The van der Waals surface area contributed by atoms with Crippen LogP contribution in [0.15, 0.2) is 22.7 Å². The van der Waals surface area contributed by atoms with Crippen LogP contribution in [-0.4, -0.2) is 20.6 Å². The lowest BCUT2D eigenvalue weighted by Crippen LogP contribution is -2.04. The first-order valence-corrected chi connectivity index (χ1v) is 8.10. The van der Waals surface area contributed by atoms with Gasteiger partial charge in [0.1, 0.15) is 5.82 Å². The number of hydrogen-bond donors (Lipinski definition) is 1. The summed E-state index contributed by atoms with van der Waals surface area (Å²) < 4.78 is 3.30. The van der Waals surface area contributed by atoms with Crippen molar-refractivity contribution in [3.63, 3.8) is 0 Å². The topological polar surface area (TPSA) is 55.1 Å². The van der Waals surface area contributed by atoms with Crippen molar-refractivity contribution in [2.75, 3.05) is 0 Å². The van der Waals surface area contributed by atoms with Gasteiger partial charge in [-0.05, 0) is 36.5 Å². The third-order valence-corrected chi connectivity index (χ3v) is 5.46. The second kappa shape index (κ2) is 4.09. The Kier molecular flexibility index (Phi) is 2.60. The Balaban J connectivity index is 1.89. The zero-order valence-electron chi connectivity index (χ0n) is 12.0. The molecule has 0 amide bonds. The average molecular weight is 349 g/mol. The zero-order chi connectivity index (χ0) is 14.9. The second-order valence-electron chi connectivity index (χ2n) is 6.82. The Morgan fingerprint density at radius 1 is 1.43 bits per heavy atom. The largest absolute Gasteiger partial charge is 0.481 e. The molecule has 2 saturated carbocycles. The van der Waals surface area contributed by atoms with Gasteiger partial charge in [0.25, 0.3) is 0 Å². The number of carboxylic acids is 1. The summed E-state index contributed by atoms with van der Waals surface area (Å²) in [4.78, 5) is 16.3. The zero-order valence-corrected chi connectivity index (χ0v) is 13.6. The second-order valence-corrected chi connectivity index (χ2v) is 7.73. The molecule has 2 aliphatic rings. The van der Waals surface area contributed by atoms with Crippen molar-refractivity contribution < 1.29 is 9.90 Å². The molecule has 0 radical (unpaired) electrons. The van der Waals surface area contributed by atoms with Crippen LogP contribution < -0.4 is 0 Å². The highest BCUT2D eigenvalue weighted by atomic mass is 79.9. The third-order valence-electron chi connectivity index (χ3n) is 4.96. The van der Waals surface area contributed by atoms with E-state index in [-0.39, 0.29) is 17.3 Å². The van der Waals surface area contributed by atoms with Crippen molar-refractivity contribution in [1.82, 2.24) is 9.55 Å². The molecular formula is C16H17BrN2O2. The first-order valence-electron chi connectivity index (χ1n) is 7.31. The fourth-order valence-corrected chi connectivity index (χ4v) is 3.96. The van der Waals surface area contributed by atoms with Gasteiger partial charge in [-0.1, -0.05) is 29.8 Å². The van der Waals surface area contributed by atoms with Gasteiger partial charge in [-0.3, -0.25) is 4.79 Å². The van der Waals surface area contributed by atoms with E-state index in [4.69, 9.17) is 4.98 Å². The van der Waals surface area contributed by atoms with E-state index in [2.05, 4.69) is 26.6 Å². The summed E-state index contributed by atoms with van der Waals surface area (Å²) in [7, 11) is 0. The van der Waals surface area contributed by atoms with Crippen LogP contribution in [0.3, 0.4) is 0 Å². The molecule has 2 aromatic rings. The van der Waals surface area contributed by atoms with E-state index in [0.29, 0.717) is 6.04 Å². The van der Waals surface area contributed by atoms with Crippen LogP contribution in [0.2, 0.25) is 0 Å². The maximum absolute atomic E-state index is 11.5. The van der Waals surface area contributed by atoms with Gasteiger partial charge in [0, 0.05) is 16.4 Å². The van der Waals surface area contributed by atoms with Gasteiger partial charge in [-0.2, -0.15) is 0 Å². The molecule has 1 aromatic carbocycles. The van der Waals surface area contributed by atoms with Crippen LogP contribution in [0.1, 0.15) is 44.5 Å². The summed E-state index contributed by atoms with van der Waals surface area (Å²) in [5.41, 5.74) is 1.87. The maximum atomic E-state index is 11.5. The van der Waals surface area contributed by atoms with Crippen LogP contribution in [-0.2, 0) is 4.79 Å². The number of imidazole rings is 1. The first-order chi connectivity index (χ1) is 9.91. The predicted octanol–water partition coefficient (Wildman–Crippen LogP) is 3.96. The molecule has 1 aromatic heterocycles. The quantitative estimate of drug-likeness (QED) is 0.913. The number of benzene rings is 1. The molecule has 110 valence electrons. The SMILES string of the molecule is CC1(C)C(C(=O)O)C1c1nc2cc(Br)ccc2n1C1CC1. The Hall–Kier alpha value is -1.36. The number of rotatable bonds is 3. The van der Waals surface area contributed by atoms with Crippen LogP contribution in [0, 0.1) is 11.3 Å². The molecule has 2 unspecified atom stereocenters. The summed E-state index contributed by atoms with van der Waals surface area (Å²) in [6.45, 7) is 4.06. The molecule has 0 aliphatic heterocycles. The number of aliphatic carboxylic acids is 1. The fourth-order valence-electron chi connectivity index (χ4n) is 3.61. The molecule has 4 rings (SSSR count). The minimum Gasteiger partial charge on any atom is -0.481 e. The van der Waals surface area contributed by atoms with Gasteiger partial charge in [0.2, 0.25) is 0 Å². The van der Waals surface area contributed by atoms with Crippen LogP contribution >= 0.6 is 15.9 Å². The van der Waals surface area contributed by atoms with E-state index in [1.54, 1.807) is 0 Å². The Morgan fingerprint density at radius 3 is 2.71 bits per heavy atom. The highest BCUT2D eigenvalue weighted by Crippen LogP contribution is 2.65. The van der Waals surface area contributed by atoms with Gasteiger partial charge >= 0.3 is 5.97 Å². The molecule has 0 spiro atoms. The van der Waals surface area contributed by atoms with Crippen LogP contribution in [0.5, 0.6) is 0 Å². The molecule has 2 atom stereocenters. The van der Waals surface area contributed by atoms with E-state index in [1.165, 1.54) is 12.8 Å². The van der Waals surface area contributed by atoms with Gasteiger partial charge < -0.3 is 9.67 Å². The van der Waals surface area contributed by atoms with Gasteiger partial charge in [0.05, 0.1) is 17.0 Å². The number of aromatic nitrogens is 2.